The van der Waals surface area contributed by atoms with Gasteiger partial charge in [0.15, 0.2) is 0 Å². The SMILES string of the molecule is CC(C(=O)N1CCC(NC(=O)C2CC2)CC1)=C1CNC1. The first kappa shape index (κ1) is 13.6. The Labute approximate surface area is 119 Å². The molecule has 3 rings (SSSR count). The minimum atomic E-state index is 0.175. The maximum absolute atomic E-state index is 12.3. The third-order valence-corrected chi connectivity index (χ3v) is 4.60. The molecule has 2 heterocycles. The lowest BCUT2D eigenvalue weighted by Crippen LogP contribution is -2.47. The predicted molar refractivity (Wildman–Crippen MR) is 76.0 cm³/mol. The molecular formula is C15H23N3O2. The topological polar surface area (TPSA) is 61.4 Å². The number of likely N-dealkylation sites (tertiary alicyclic amines) is 1. The van der Waals surface area contributed by atoms with E-state index in [1.54, 1.807) is 0 Å². The molecule has 5 nitrogen and oxygen atoms in total. The zero-order valence-corrected chi connectivity index (χ0v) is 12.1. The highest BCUT2D eigenvalue weighted by Gasteiger charge is 2.32. The lowest BCUT2D eigenvalue weighted by Gasteiger charge is -2.33. The number of nitrogens with zero attached hydrogens (tertiary/aromatic N) is 1. The van der Waals surface area contributed by atoms with Gasteiger partial charge < -0.3 is 15.5 Å². The Morgan fingerprint density at radius 2 is 1.80 bits per heavy atom. The van der Waals surface area contributed by atoms with Gasteiger partial charge in [-0.05, 0) is 38.2 Å². The second-order valence-electron chi connectivity index (χ2n) is 6.18. The van der Waals surface area contributed by atoms with E-state index in [0.717, 1.165) is 57.4 Å². The zero-order valence-electron chi connectivity index (χ0n) is 12.1. The van der Waals surface area contributed by atoms with Crippen molar-refractivity contribution in [3.8, 4) is 0 Å². The lowest BCUT2D eigenvalue weighted by molar-refractivity contribution is -0.128. The number of piperidine rings is 1. The average Bonchev–Trinajstić information content (AvgIpc) is 3.21. The van der Waals surface area contributed by atoms with Crippen molar-refractivity contribution in [2.75, 3.05) is 26.2 Å². The number of carbonyl (C=O) groups excluding carboxylic acids is 2. The van der Waals surface area contributed by atoms with E-state index in [0.29, 0.717) is 0 Å². The molecule has 3 fully saturated rings. The highest BCUT2D eigenvalue weighted by atomic mass is 16.2. The summed E-state index contributed by atoms with van der Waals surface area (Å²) in [6.07, 6.45) is 3.85. The van der Waals surface area contributed by atoms with Gasteiger partial charge in [-0.1, -0.05) is 0 Å². The standard InChI is InChI=1S/C15H23N3O2/c1-10(12-8-16-9-12)15(20)18-6-4-13(5-7-18)17-14(19)11-2-3-11/h11,13,16H,2-9H2,1H3,(H,17,19). The summed E-state index contributed by atoms with van der Waals surface area (Å²) in [5.74, 6) is 0.662. The summed E-state index contributed by atoms with van der Waals surface area (Å²) in [6.45, 7) is 5.15. The molecule has 0 aromatic heterocycles. The van der Waals surface area contributed by atoms with Gasteiger partial charge in [-0.2, -0.15) is 0 Å². The molecule has 0 aromatic rings. The third-order valence-electron chi connectivity index (χ3n) is 4.60. The Kier molecular flexibility index (Phi) is 3.78. The van der Waals surface area contributed by atoms with Crippen LogP contribution in [0.25, 0.3) is 0 Å². The Hall–Kier alpha value is -1.36. The van der Waals surface area contributed by atoms with Gasteiger partial charge in [0.05, 0.1) is 0 Å². The van der Waals surface area contributed by atoms with E-state index in [9.17, 15) is 9.59 Å². The molecule has 2 amide bonds. The Bertz CT molecular complexity index is 440. The zero-order chi connectivity index (χ0) is 14.1. The van der Waals surface area contributed by atoms with E-state index in [-0.39, 0.29) is 23.8 Å². The first-order valence-corrected chi connectivity index (χ1v) is 7.64. The van der Waals surface area contributed by atoms with Crippen LogP contribution in [-0.4, -0.2) is 48.9 Å². The molecule has 2 saturated heterocycles. The van der Waals surface area contributed by atoms with Gasteiger partial charge in [-0.3, -0.25) is 9.59 Å². The molecule has 0 atom stereocenters. The minimum absolute atomic E-state index is 0.175. The molecule has 0 unspecified atom stereocenters. The normalized spacial score (nSPS) is 23.2. The second-order valence-corrected chi connectivity index (χ2v) is 6.18. The molecule has 20 heavy (non-hydrogen) atoms. The molecule has 0 spiro atoms. The molecule has 5 heteroatoms. The number of hydrogen-bond donors (Lipinski definition) is 2. The average molecular weight is 277 g/mol. The van der Waals surface area contributed by atoms with Crippen molar-refractivity contribution in [3.63, 3.8) is 0 Å². The molecule has 1 aliphatic carbocycles. The van der Waals surface area contributed by atoms with Crippen LogP contribution in [0.2, 0.25) is 0 Å². The van der Waals surface area contributed by atoms with Gasteiger partial charge in [-0.25, -0.2) is 0 Å². The van der Waals surface area contributed by atoms with E-state index in [1.165, 1.54) is 5.57 Å². The number of hydrogen-bond acceptors (Lipinski definition) is 3. The van der Waals surface area contributed by atoms with Crippen LogP contribution in [0.15, 0.2) is 11.1 Å². The molecular weight excluding hydrogens is 254 g/mol. The van der Waals surface area contributed by atoms with Crippen LogP contribution < -0.4 is 10.6 Å². The fourth-order valence-corrected chi connectivity index (χ4v) is 2.80. The second kappa shape index (κ2) is 5.56. The maximum atomic E-state index is 12.3. The molecule has 2 N–H and O–H groups in total. The maximum Gasteiger partial charge on any atom is 0.249 e. The number of amides is 2. The molecule has 1 saturated carbocycles. The summed E-state index contributed by atoms with van der Waals surface area (Å²) in [5, 5.41) is 6.28. The Morgan fingerprint density at radius 3 is 2.30 bits per heavy atom. The van der Waals surface area contributed by atoms with Crippen molar-refractivity contribution in [3.05, 3.63) is 11.1 Å². The van der Waals surface area contributed by atoms with Crippen molar-refractivity contribution < 1.29 is 9.59 Å². The Balaban J connectivity index is 1.48. The van der Waals surface area contributed by atoms with Crippen LogP contribution in [0.1, 0.15) is 32.6 Å². The van der Waals surface area contributed by atoms with Crippen molar-refractivity contribution in [1.29, 1.82) is 0 Å². The summed E-state index contributed by atoms with van der Waals surface area (Å²) in [4.78, 5) is 26.0. The molecule has 2 aliphatic heterocycles. The summed E-state index contributed by atoms with van der Waals surface area (Å²) < 4.78 is 0. The molecule has 0 aromatic carbocycles. The summed E-state index contributed by atoms with van der Waals surface area (Å²) in [6, 6.07) is 0.255. The van der Waals surface area contributed by atoms with Crippen molar-refractivity contribution in [2.24, 2.45) is 5.92 Å². The molecule has 110 valence electrons. The largest absolute Gasteiger partial charge is 0.353 e. The smallest absolute Gasteiger partial charge is 0.249 e. The highest BCUT2D eigenvalue weighted by molar-refractivity contribution is 5.94. The van der Waals surface area contributed by atoms with Gasteiger partial charge >= 0.3 is 0 Å². The monoisotopic (exact) mass is 277 g/mol. The fraction of sp³-hybridized carbons (Fsp3) is 0.733. The van der Waals surface area contributed by atoms with E-state index >= 15 is 0 Å². The van der Waals surface area contributed by atoms with Crippen LogP contribution in [-0.2, 0) is 9.59 Å². The first-order chi connectivity index (χ1) is 9.65. The van der Waals surface area contributed by atoms with Gasteiger partial charge in [0, 0.05) is 43.7 Å². The van der Waals surface area contributed by atoms with Crippen LogP contribution in [0, 0.1) is 5.92 Å². The fourth-order valence-electron chi connectivity index (χ4n) is 2.80. The van der Waals surface area contributed by atoms with Crippen LogP contribution in [0.5, 0.6) is 0 Å². The summed E-state index contributed by atoms with van der Waals surface area (Å²) >= 11 is 0. The van der Waals surface area contributed by atoms with Crippen LogP contribution in [0.4, 0.5) is 0 Å². The minimum Gasteiger partial charge on any atom is -0.353 e. The van der Waals surface area contributed by atoms with E-state index in [4.69, 9.17) is 0 Å². The summed E-state index contributed by atoms with van der Waals surface area (Å²) in [7, 11) is 0. The van der Waals surface area contributed by atoms with Crippen LogP contribution >= 0.6 is 0 Å². The molecule has 0 radical (unpaired) electrons. The van der Waals surface area contributed by atoms with E-state index < -0.39 is 0 Å². The highest BCUT2D eigenvalue weighted by Crippen LogP contribution is 2.29. The van der Waals surface area contributed by atoms with Crippen LogP contribution in [0.3, 0.4) is 0 Å². The quantitative estimate of drug-likeness (QED) is 0.735. The van der Waals surface area contributed by atoms with Crippen molar-refractivity contribution in [2.45, 2.75) is 38.6 Å². The Morgan fingerprint density at radius 1 is 1.15 bits per heavy atom. The lowest BCUT2D eigenvalue weighted by atomic mass is 10.0. The molecule has 3 aliphatic rings. The van der Waals surface area contributed by atoms with E-state index in [2.05, 4.69) is 10.6 Å². The molecule has 0 bridgehead atoms. The van der Waals surface area contributed by atoms with Gasteiger partial charge in [0.25, 0.3) is 0 Å². The van der Waals surface area contributed by atoms with E-state index in [1.807, 2.05) is 11.8 Å². The number of rotatable bonds is 3. The summed E-state index contributed by atoms with van der Waals surface area (Å²) in [5.41, 5.74) is 2.14. The van der Waals surface area contributed by atoms with Crippen molar-refractivity contribution in [1.82, 2.24) is 15.5 Å². The van der Waals surface area contributed by atoms with Gasteiger partial charge in [0.2, 0.25) is 11.8 Å². The van der Waals surface area contributed by atoms with Gasteiger partial charge in [0.1, 0.15) is 0 Å². The first-order valence-electron chi connectivity index (χ1n) is 7.64. The number of nitrogens with one attached hydrogen (secondary N) is 2. The van der Waals surface area contributed by atoms with Gasteiger partial charge in [-0.15, -0.1) is 0 Å². The van der Waals surface area contributed by atoms with Crippen molar-refractivity contribution >= 4 is 11.8 Å². The predicted octanol–water partition coefficient (Wildman–Crippen LogP) is 0.423. The number of carbonyl (C=O) groups is 2. The third kappa shape index (κ3) is 2.87.